The Morgan fingerprint density at radius 3 is 2.74 bits per heavy atom. The number of amides is 1. The van der Waals surface area contributed by atoms with Crippen LogP contribution in [0.15, 0.2) is 59.7 Å². The van der Waals surface area contributed by atoms with Gasteiger partial charge in [-0.1, -0.05) is 41.9 Å². The first-order valence-corrected chi connectivity index (χ1v) is 7.19. The number of hydrazone groups is 1. The molecule has 0 bridgehead atoms. The molecule has 6 heteroatoms. The quantitative estimate of drug-likeness (QED) is 0.440. The van der Waals surface area contributed by atoms with E-state index in [0.717, 1.165) is 10.9 Å². The average molecular weight is 326 g/mol. The fraction of sp³-hybridized carbons (Fsp3) is 0. The summed E-state index contributed by atoms with van der Waals surface area (Å²) in [6.07, 6.45) is 1.42. The van der Waals surface area contributed by atoms with Crippen molar-refractivity contribution in [3.63, 3.8) is 0 Å². The number of pyridine rings is 1. The highest BCUT2D eigenvalue weighted by Crippen LogP contribution is 2.19. The molecule has 2 N–H and O–H groups in total. The topological polar surface area (TPSA) is 74.6 Å². The SMILES string of the molecule is O=C(NN=Cc1cc2ccccc2nc1Cl)c1ccccc1O. The predicted molar refractivity (Wildman–Crippen MR) is 89.9 cm³/mol. The van der Waals surface area contributed by atoms with Gasteiger partial charge in [0.2, 0.25) is 0 Å². The molecule has 0 saturated heterocycles. The van der Waals surface area contributed by atoms with E-state index < -0.39 is 5.91 Å². The molecule has 0 saturated carbocycles. The van der Waals surface area contributed by atoms with Crippen molar-refractivity contribution in [2.45, 2.75) is 0 Å². The molecular formula is C17H12ClN3O2. The Morgan fingerprint density at radius 2 is 1.91 bits per heavy atom. The highest BCUT2D eigenvalue weighted by molar-refractivity contribution is 6.32. The lowest BCUT2D eigenvalue weighted by Crippen LogP contribution is -2.17. The first-order chi connectivity index (χ1) is 11.1. The van der Waals surface area contributed by atoms with E-state index in [2.05, 4.69) is 15.5 Å². The Labute approximate surface area is 137 Å². The van der Waals surface area contributed by atoms with E-state index in [1.807, 2.05) is 30.3 Å². The van der Waals surface area contributed by atoms with Crippen LogP contribution in [0.4, 0.5) is 0 Å². The summed E-state index contributed by atoms with van der Waals surface area (Å²) in [5.74, 6) is -0.616. The second-order valence-electron chi connectivity index (χ2n) is 4.78. The Bertz CT molecular complexity index is 909. The van der Waals surface area contributed by atoms with E-state index in [1.54, 1.807) is 12.1 Å². The Hall–Kier alpha value is -2.92. The summed E-state index contributed by atoms with van der Waals surface area (Å²) in [7, 11) is 0. The van der Waals surface area contributed by atoms with Crippen LogP contribution in [0.3, 0.4) is 0 Å². The standard InChI is InChI=1S/C17H12ClN3O2/c18-16-12(9-11-5-1-3-7-14(11)20-16)10-19-21-17(23)13-6-2-4-8-15(13)22/h1-10,22H,(H,21,23). The fourth-order valence-electron chi connectivity index (χ4n) is 2.09. The van der Waals surface area contributed by atoms with Crippen molar-refractivity contribution in [3.8, 4) is 5.75 Å². The molecule has 0 unspecified atom stereocenters. The molecule has 2 aromatic carbocycles. The molecule has 114 valence electrons. The van der Waals surface area contributed by atoms with Crippen molar-refractivity contribution >= 4 is 34.6 Å². The number of para-hydroxylation sites is 2. The first-order valence-electron chi connectivity index (χ1n) is 6.82. The number of aromatic nitrogens is 1. The zero-order chi connectivity index (χ0) is 16.2. The van der Waals surface area contributed by atoms with Gasteiger partial charge in [0.25, 0.3) is 5.91 Å². The highest BCUT2D eigenvalue weighted by Gasteiger charge is 2.09. The highest BCUT2D eigenvalue weighted by atomic mass is 35.5. The number of phenolic OH excluding ortho intramolecular Hbond substituents is 1. The number of benzene rings is 2. The minimum absolute atomic E-state index is 0.106. The third kappa shape index (κ3) is 3.30. The number of nitrogens with zero attached hydrogens (tertiary/aromatic N) is 2. The Kier molecular flexibility index (Phi) is 4.21. The van der Waals surface area contributed by atoms with Crippen LogP contribution in [0.5, 0.6) is 5.75 Å². The summed E-state index contributed by atoms with van der Waals surface area (Å²) >= 11 is 6.11. The monoisotopic (exact) mass is 325 g/mol. The van der Waals surface area contributed by atoms with Crippen LogP contribution >= 0.6 is 11.6 Å². The summed E-state index contributed by atoms with van der Waals surface area (Å²) < 4.78 is 0. The number of halogens is 1. The molecule has 1 heterocycles. The molecule has 5 nitrogen and oxygen atoms in total. The molecule has 1 aromatic heterocycles. The molecule has 0 aliphatic carbocycles. The third-order valence-corrected chi connectivity index (χ3v) is 3.53. The number of carbonyl (C=O) groups is 1. The maximum atomic E-state index is 11.9. The predicted octanol–water partition coefficient (Wildman–Crippen LogP) is 3.36. The second-order valence-corrected chi connectivity index (χ2v) is 5.14. The molecule has 0 radical (unpaired) electrons. The van der Waals surface area contributed by atoms with Crippen molar-refractivity contribution in [2.24, 2.45) is 5.10 Å². The van der Waals surface area contributed by atoms with Crippen LogP contribution in [-0.2, 0) is 0 Å². The van der Waals surface area contributed by atoms with Gasteiger partial charge in [0.15, 0.2) is 0 Å². The van der Waals surface area contributed by atoms with Gasteiger partial charge < -0.3 is 5.11 Å². The van der Waals surface area contributed by atoms with Gasteiger partial charge in [-0.25, -0.2) is 10.4 Å². The minimum Gasteiger partial charge on any atom is -0.507 e. The Balaban J connectivity index is 1.79. The van der Waals surface area contributed by atoms with Gasteiger partial charge in [-0.2, -0.15) is 5.10 Å². The molecule has 3 rings (SSSR count). The number of hydrogen-bond donors (Lipinski definition) is 2. The molecule has 0 fully saturated rings. The largest absolute Gasteiger partial charge is 0.507 e. The lowest BCUT2D eigenvalue weighted by atomic mass is 10.2. The summed E-state index contributed by atoms with van der Waals surface area (Å²) in [4.78, 5) is 16.2. The van der Waals surface area contributed by atoms with E-state index in [4.69, 9.17) is 11.6 Å². The first kappa shape index (κ1) is 15.0. The minimum atomic E-state index is -0.510. The number of fused-ring (bicyclic) bond motifs is 1. The van der Waals surface area contributed by atoms with Crippen LogP contribution < -0.4 is 5.43 Å². The van der Waals surface area contributed by atoms with E-state index in [9.17, 15) is 9.90 Å². The summed E-state index contributed by atoms with van der Waals surface area (Å²) in [5.41, 5.74) is 3.86. The summed E-state index contributed by atoms with van der Waals surface area (Å²) in [6, 6.07) is 15.6. The van der Waals surface area contributed by atoms with E-state index in [0.29, 0.717) is 10.7 Å². The van der Waals surface area contributed by atoms with Crippen LogP contribution in [0.1, 0.15) is 15.9 Å². The number of hydrogen-bond acceptors (Lipinski definition) is 4. The molecule has 3 aromatic rings. The molecular weight excluding hydrogens is 314 g/mol. The van der Waals surface area contributed by atoms with Crippen LogP contribution in [0, 0.1) is 0 Å². The van der Waals surface area contributed by atoms with Gasteiger partial charge in [0.05, 0.1) is 17.3 Å². The Morgan fingerprint density at radius 1 is 1.17 bits per heavy atom. The van der Waals surface area contributed by atoms with Crippen molar-refractivity contribution in [3.05, 3.63) is 70.9 Å². The summed E-state index contributed by atoms with van der Waals surface area (Å²) in [6.45, 7) is 0. The van der Waals surface area contributed by atoms with Crippen molar-refractivity contribution in [1.29, 1.82) is 0 Å². The van der Waals surface area contributed by atoms with Gasteiger partial charge in [-0.05, 0) is 24.3 Å². The zero-order valence-corrected chi connectivity index (χ0v) is 12.7. The van der Waals surface area contributed by atoms with Crippen molar-refractivity contribution in [1.82, 2.24) is 10.4 Å². The van der Waals surface area contributed by atoms with Gasteiger partial charge >= 0.3 is 0 Å². The van der Waals surface area contributed by atoms with Crippen LogP contribution in [0.25, 0.3) is 10.9 Å². The molecule has 0 spiro atoms. The lowest BCUT2D eigenvalue weighted by Gasteiger charge is -2.03. The molecule has 1 amide bonds. The van der Waals surface area contributed by atoms with Crippen LogP contribution in [0.2, 0.25) is 5.15 Å². The fourth-order valence-corrected chi connectivity index (χ4v) is 2.28. The van der Waals surface area contributed by atoms with Crippen molar-refractivity contribution < 1.29 is 9.90 Å². The van der Waals surface area contributed by atoms with Gasteiger partial charge in [-0.15, -0.1) is 0 Å². The number of phenols is 1. The molecule has 0 aliphatic rings. The maximum absolute atomic E-state index is 11.9. The van der Waals surface area contributed by atoms with Crippen molar-refractivity contribution in [2.75, 3.05) is 0 Å². The summed E-state index contributed by atoms with van der Waals surface area (Å²) in [5, 5.41) is 14.7. The molecule has 0 atom stereocenters. The normalized spacial score (nSPS) is 11.0. The maximum Gasteiger partial charge on any atom is 0.275 e. The van der Waals surface area contributed by atoms with Crippen LogP contribution in [-0.4, -0.2) is 22.2 Å². The number of aromatic hydroxyl groups is 1. The number of rotatable bonds is 3. The smallest absolute Gasteiger partial charge is 0.275 e. The van der Waals surface area contributed by atoms with Gasteiger partial charge in [-0.3, -0.25) is 4.79 Å². The number of nitrogens with one attached hydrogen (secondary N) is 1. The second kappa shape index (κ2) is 6.46. The van der Waals surface area contributed by atoms with Gasteiger partial charge in [0, 0.05) is 10.9 Å². The zero-order valence-electron chi connectivity index (χ0n) is 11.9. The van der Waals surface area contributed by atoms with Gasteiger partial charge in [0.1, 0.15) is 10.9 Å². The molecule has 23 heavy (non-hydrogen) atoms. The van der Waals surface area contributed by atoms with E-state index in [-0.39, 0.29) is 11.3 Å². The average Bonchev–Trinajstić information content (AvgIpc) is 2.55. The van der Waals surface area contributed by atoms with E-state index in [1.165, 1.54) is 18.3 Å². The molecule has 0 aliphatic heterocycles. The number of carbonyl (C=O) groups excluding carboxylic acids is 1. The third-order valence-electron chi connectivity index (χ3n) is 3.22. The lowest BCUT2D eigenvalue weighted by molar-refractivity contribution is 0.0952. The van der Waals surface area contributed by atoms with E-state index >= 15 is 0 Å².